The number of carbonyl (C=O) groups excluding carboxylic acids is 1. The molecule has 0 radical (unpaired) electrons. The van der Waals surface area contributed by atoms with Crippen LogP contribution in [0.25, 0.3) is 11.0 Å². The highest BCUT2D eigenvalue weighted by molar-refractivity contribution is 6.04. The summed E-state index contributed by atoms with van der Waals surface area (Å²) in [6.45, 7) is 1.43. The van der Waals surface area contributed by atoms with Gasteiger partial charge in [0.25, 0.3) is 0 Å². The average molecular weight is 178 g/mol. The predicted octanol–water partition coefficient (Wildman–Crippen LogP) is 1.90. The van der Waals surface area contributed by atoms with E-state index in [0.717, 1.165) is 0 Å². The lowest BCUT2D eigenvalue weighted by Crippen LogP contribution is -1.91. The highest BCUT2D eigenvalue weighted by Crippen LogP contribution is 2.16. The third-order valence-electron chi connectivity index (χ3n) is 1.87. The van der Waals surface area contributed by atoms with Gasteiger partial charge in [0.15, 0.2) is 5.78 Å². The Hall–Kier alpha value is -1.71. The molecular formula is C9H7FN2O. The Morgan fingerprint density at radius 2 is 2.31 bits per heavy atom. The number of aromatic nitrogens is 2. The van der Waals surface area contributed by atoms with Gasteiger partial charge in [-0.3, -0.25) is 4.79 Å². The van der Waals surface area contributed by atoms with Crippen molar-refractivity contribution in [2.45, 2.75) is 6.92 Å². The van der Waals surface area contributed by atoms with Gasteiger partial charge in [0.05, 0.1) is 11.1 Å². The van der Waals surface area contributed by atoms with Crippen LogP contribution in [0.3, 0.4) is 0 Å². The SMILES string of the molecule is CC(=O)c1c[nH]c2ccc(F)nc12. The first-order chi connectivity index (χ1) is 6.18. The lowest BCUT2D eigenvalue weighted by molar-refractivity contribution is 0.101. The maximum atomic E-state index is 12.7. The second-order valence-corrected chi connectivity index (χ2v) is 2.79. The number of rotatable bonds is 1. The minimum atomic E-state index is -0.574. The summed E-state index contributed by atoms with van der Waals surface area (Å²) in [6, 6.07) is 2.81. The summed E-state index contributed by atoms with van der Waals surface area (Å²) in [7, 11) is 0. The fourth-order valence-electron chi connectivity index (χ4n) is 1.24. The van der Waals surface area contributed by atoms with Crippen molar-refractivity contribution >= 4 is 16.8 Å². The molecule has 0 bridgehead atoms. The number of nitrogens with zero attached hydrogens (tertiary/aromatic N) is 1. The van der Waals surface area contributed by atoms with E-state index in [1.807, 2.05) is 0 Å². The molecule has 0 saturated carbocycles. The van der Waals surface area contributed by atoms with Crippen molar-refractivity contribution < 1.29 is 9.18 Å². The zero-order valence-corrected chi connectivity index (χ0v) is 6.97. The van der Waals surface area contributed by atoms with E-state index < -0.39 is 5.95 Å². The fourth-order valence-corrected chi connectivity index (χ4v) is 1.24. The monoisotopic (exact) mass is 178 g/mol. The maximum Gasteiger partial charge on any atom is 0.213 e. The number of nitrogens with one attached hydrogen (secondary N) is 1. The summed E-state index contributed by atoms with van der Waals surface area (Å²) in [4.78, 5) is 17.5. The molecular weight excluding hydrogens is 171 g/mol. The van der Waals surface area contributed by atoms with E-state index in [1.54, 1.807) is 12.3 Å². The van der Waals surface area contributed by atoms with Gasteiger partial charge >= 0.3 is 0 Å². The molecule has 2 aromatic rings. The first-order valence-corrected chi connectivity index (χ1v) is 3.83. The second kappa shape index (κ2) is 2.65. The molecule has 1 N–H and O–H groups in total. The summed E-state index contributed by atoms with van der Waals surface area (Å²) in [5.41, 5.74) is 1.49. The largest absolute Gasteiger partial charge is 0.359 e. The molecule has 2 heterocycles. The standard InChI is InChI=1S/C9H7FN2O/c1-5(13)6-4-11-7-2-3-8(10)12-9(6)7/h2-4,11H,1H3. The summed E-state index contributed by atoms with van der Waals surface area (Å²) < 4.78 is 12.7. The molecule has 0 fully saturated rings. The topological polar surface area (TPSA) is 45.8 Å². The molecule has 0 aromatic carbocycles. The summed E-state index contributed by atoms with van der Waals surface area (Å²) in [5, 5.41) is 0. The molecule has 4 heteroatoms. The Morgan fingerprint density at radius 3 is 3.00 bits per heavy atom. The van der Waals surface area contributed by atoms with Crippen LogP contribution < -0.4 is 0 Å². The highest BCUT2D eigenvalue weighted by Gasteiger charge is 2.09. The van der Waals surface area contributed by atoms with Crippen LogP contribution >= 0.6 is 0 Å². The number of halogens is 1. The Bertz CT molecular complexity index is 475. The number of pyridine rings is 1. The quantitative estimate of drug-likeness (QED) is 0.535. The van der Waals surface area contributed by atoms with Gasteiger partial charge in [0.2, 0.25) is 5.95 Å². The van der Waals surface area contributed by atoms with Crippen molar-refractivity contribution in [3.63, 3.8) is 0 Å². The van der Waals surface area contributed by atoms with Gasteiger partial charge in [0, 0.05) is 6.20 Å². The molecule has 2 rings (SSSR count). The molecule has 0 amide bonds. The van der Waals surface area contributed by atoms with E-state index in [4.69, 9.17) is 0 Å². The van der Waals surface area contributed by atoms with Crippen LogP contribution in [0.2, 0.25) is 0 Å². The number of aromatic amines is 1. The minimum absolute atomic E-state index is 0.121. The van der Waals surface area contributed by atoms with E-state index in [-0.39, 0.29) is 5.78 Å². The van der Waals surface area contributed by atoms with Crippen LogP contribution in [-0.2, 0) is 0 Å². The molecule has 0 aliphatic rings. The van der Waals surface area contributed by atoms with E-state index in [9.17, 15) is 9.18 Å². The van der Waals surface area contributed by atoms with E-state index in [0.29, 0.717) is 16.6 Å². The molecule has 0 spiro atoms. The molecule has 0 atom stereocenters. The molecule has 0 unspecified atom stereocenters. The lowest BCUT2D eigenvalue weighted by atomic mass is 10.2. The minimum Gasteiger partial charge on any atom is -0.359 e. The third kappa shape index (κ3) is 1.20. The second-order valence-electron chi connectivity index (χ2n) is 2.79. The smallest absolute Gasteiger partial charge is 0.213 e. The van der Waals surface area contributed by atoms with Crippen LogP contribution in [0.1, 0.15) is 17.3 Å². The average Bonchev–Trinajstić information content (AvgIpc) is 2.46. The van der Waals surface area contributed by atoms with Gasteiger partial charge in [-0.2, -0.15) is 4.39 Å². The summed E-state index contributed by atoms with van der Waals surface area (Å²) in [5.74, 6) is -0.695. The van der Waals surface area contributed by atoms with Crippen molar-refractivity contribution in [3.05, 3.63) is 29.8 Å². The molecule has 0 aliphatic carbocycles. The van der Waals surface area contributed by atoms with Crippen LogP contribution in [0.5, 0.6) is 0 Å². The fraction of sp³-hybridized carbons (Fsp3) is 0.111. The lowest BCUT2D eigenvalue weighted by Gasteiger charge is -1.91. The van der Waals surface area contributed by atoms with Crippen molar-refractivity contribution in [3.8, 4) is 0 Å². The highest BCUT2D eigenvalue weighted by atomic mass is 19.1. The van der Waals surface area contributed by atoms with Crippen LogP contribution in [-0.4, -0.2) is 15.8 Å². The van der Waals surface area contributed by atoms with Crippen LogP contribution in [0.15, 0.2) is 18.3 Å². The van der Waals surface area contributed by atoms with E-state index in [1.165, 1.54) is 13.0 Å². The van der Waals surface area contributed by atoms with Gasteiger partial charge < -0.3 is 4.98 Å². The maximum absolute atomic E-state index is 12.7. The van der Waals surface area contributed by atoms with Gasteiger partial charge in [-0.25, -0.2) is 4.98 Å². The van der Waals surface area contributed by atoms with Gasteiger partial charge in [-0.15, -0.1) is 0 Å². The molecule has 0 saturated heterocycles. The molecule has 66 valence electrons. The third-order valence-corrected chi connectivity index (χ3v) is 1.87. The molecule has 0 aliphatic heterocycles. The van der Waals surface area contributed by atoms with Crippen LogP contribution in [0.4, 0.5) is 4.39 Å². The number of carbonyl (C=O) groups is 1. The number of H-pyrrole nitrogens is 1. The molecule has 3 nitrogen and oxygen atoms in total. The Kier molecular flexibility index (Phi) is 1.62. The number of fused-ring (bicyclic) bond motifs is 1. The Labute approximate surface area is 73.6 Å². The zero-order chi connectivity index (χ0) is 9.42. The van der Waals surface area contributed by atoms with Gasteiger partial charge in [-0.1, -0.05) is 0 Å². The predicted molar refractivity (Wildman–Crippen MR) is 46.1 cm³/mol. The molecule has 2 aromatic heterocycles. The van der Waals surface area contributed by atoms with Crippen molar-refractivity contribution in [2.75, 3.05) is 0 Å². The van der Waals surface area contributed by atoms with E-state index >= 15 is 0 Å². The first kappa shape index (κ1) is 7.91. The Morgan fingerprint density at radius 1 is 1.54 bits per heavy atom. The number of ketones is 1. The number of hydrogen-bond acceptors (Lipinski definition) is 2. The van der Waals surface area contributed by atoms with Gasteiger partial charge in [0.1, 0.15) is 5.52 Å². The van der Waals surface area contributed by atoms with E-state index in [2.05, 4.69) is 9.97 Å². The Balaban J connectivity index is 2.79. The summed E-state index contributed by atoms with van der Waals surface area (Å²) >= 11 is 0. The zero-order valence-electron chi connectivity index (χ0n) is 6.97. The number of Topliss-reactive ketones (excluding diaryl/α,β-unsaturated/α-hetero) is 1. The van der Waals surface area contributed by atoms with Gasteiger partial charge in [-0.05, 0) is 19.1 Å². The molecule has 13 heavy (non-hydrogen) atoms. The summed E-state index contributed by atoms with van der Waals surface area (Å²) in [6.07, 6.45) is 1.54. The first-order valence-electron chi connectivity index (χ1n) is 3.83. The van der Waals surface area contributed by atoms with Crippen molar-refractivity contribution in [1.29, 1.82) is 0 Å². The van der Waals surface area contributed by atoms with Crippen molar-refractivity contribution in [2.24, 2.45) is 0 Å². The normalized spacial score (nSPS) is 10.6. The number of hydrogen-bond donors (Lipinski definition) is 1. The van der Waals surface area contributed by atoms with Crippen LogP contribution in [0, 0.1) is 5.95 Å². The van der Waals surface area contributed by atoms with Crippen molar-refractivity contribution in [1.82, 2.24) is 9.97 Å².